The molecule has 1 aromatic heterocycles. The average Bonchev–Trinajstić information content (AvgIpc) is 3.38. The minimum Gasteiger partial charge on any atom is -0.491 e. The molecule has 30 heavy (non-hydrogen) atoms. The fraction of sp³-hybridized carbons (Fsp3) is 0.364. The summed E-state index contributed by atoms with van der Waals surface area (Å²) >= 11 is 0. The van der Waals surface area contributed by atoms with Crippen molar-refractivity contribution in [3.63, 3.8) is 0 Å². The van der Waals surface area contributed by atoms with Crippen molar-refractivity contribution in [3.8, 4) is 11.4 Å². The van der Waals surface area contributed by atoms with Gasteiger partial charge in [-0.2, -0.15) is 0 Å². The maximum Gasteiger partial charge on any atom is 0.254 e. The van der Waals surface area contributed by atoms with Crippen LogP contribution < -0.4 is 10.1 Å². The number of ether oxygens (including phenoxy) is 2. The summed E-state index contributed by atoms with van der Waals surface area (Å²) in [5, 5.41) is 8.23. The number of nitrogens with zero attached hydrogens (tertiary/aromatic N) is 3. The predicted molar refractivity (Wildman–Crippen MR) is 113 cm³/mol. The average molecular weight is 412 g/mol. The molecule has 0 bridgehead atoms. The molecular weight excluding hydrogens is 387 g/mol. The molecule has 1 atom stereocenters. The SMILES string of the molecule is CN(C)CCOc1cccc2c1c(NC(=O)C1CCCO1)nn2-c1ccc(F)cc1. The van der Waals surface area contributed by atoms with Crippen molar-refractivity contribution >= 4 is 22.6 Å². The molecule has 158 valence electrons. The van der Waals surface area contributed by atoms with Crippen molar-refractivity contribution in [2.24, 2.45) is 0 Å². The lowest BCUT2D eigenvalue weighted by molar-refractivity contribution is -0.124. The van der Waals surface area contributed by atoms with Crippen molar-refractivity contribution in [2.45, 2.75) is 18.9 Å². The van der Waals surface area contributed by atoms with E-state index < -0.39 is 6.10 Å². The first-order valence-electron chi connectivity index (χ1n) is 10.0. The fourth-order valence-electron chi connectivity index (χ4n) is 3.44. The molecule has 1 unspecified atom stereocenters. The predicted octanol–water partition coefficient (Wildman–Crippen LogP) is 3.22. The Kier molecular flexibility index (Phi) is 5.96. The van der Waals surface area contributed by atoms with Crippen LogP contribution in [0.25, 0.3) is 16.6 Å². The van der Waals surface area contributed by atoms with E-state index in [1.165, 1.54) is 12.1 Å². The zero-order valence-electron chi connectivity index (χ0n) is 17.1. The van der Waals surface area contributed by atoms with Gasteiger partial charge in [0.05, 0.1) is 16.6 Å². The number of hydrogen-bond donors (Lipinski definition) is 1. The molecule has 1 N–H and O–H groups in total. The summed E-state index contributed by atoms with van der Waals surface area (Å²) in [5.74, 6) is 0.483. The third kappa shape index (κ3) is 4.29. The Labute approximate surface area is 174 Å². The molecule has 1 aliphatic heterocycles. The second-order valence-corrected chi connectivity index (χ2v) is 7.53. The zero-order valence-corrected chi connectivity index (χ0v) is 17.1. The van der Waals surface area contributed by atoms with Gasteiger partial charge >= 0.3 is 0 Å². The lowest BCUT2D eigenvalue weighted by Crippen LogP contribution is -2.27. The molecule has 0 spiro atoms. The second-order valence-electron chi connectivity index (χ2n) is 7.53. The van der Waals surface area contributed by atoms with E-state index >= 15 is 0 Å². The highest BCUT2D eigenvalue weighted by Crippen LogP contribution is 2.34. The van der Waals surface area contributed by atoms with Crippen LogP contribution in [-0.4, -0.2) is 60.5 Å². The molecule has 3 aromatic rings. The van der Waals surface area contributed by atoms with Crippen molar-refractivity contribution < 1.29 is 18.7 Å². The lowest BCUT2D eigenvalue weighted by atomic mass is 10.2. The number of carbonyl (C=O) groups is 1. The third-order valence-corrected chi connectivity index (χ3v) is 5.00. The van der Waals surface area contributed by atoms with Gasteiger partial charge in [0, 0.05) is 13.2 Å². The Morgan fingerprint density at radius 3 is 2.80 bits per heavy atom. The highest BCUT2D eigenvalue weighted by atomic mass is 19.1. The van der Waals surface area contributed by atoms with Gasteiger partial charge in [0.15, 0.2) is 5.82 Å². The lowest BCUT2D eigenvalue weighted by Gasteiger charge is -2.13. The summed E-state index contributed by atoms with van der Waals surface area (Å²) in [4.78, 5) is 14.7. The van der Waals surface area contributed by atoms with Crippen LogP contribution in [0, 0.1) is 5.82 Å². The summed E-state index contributed by atoms with van der Waals surface area (Å²) in [5.41, 5.74) is 1.44. The van der Waals surface area contributed by atoms with Gasteiger partial charge in [-0.1, -0.05) is 6.07 Å². The topological polar surface area (TPSA) is 68.6 Å². The van der Waals surface area contributed by atoms with Crippen LogP contribution in [0.1, 0.15) is 12.8 Å². The highest BCUT2D eigenvalue weighted by Gasteiger charge is 2.26. The van der Waals surface area contributed by atoms with Crippen molar-refractivity contribution in [1.29, 1.82) is 0 Å². The van der Waals surface area contributed by atoms with Crippen molar-refractivity contribution in [3.05, 3.63) is 48.3 Å². The number of hydrogen-bond acceptors (Lipinski definition) is 5. The van der Waals surface area contributed by atoms with E-state index in [4.69, 9.17) is 9.47 Å². The molecule has 8 heteroatoms. The van der Waals surface area contributed by atoms with Gasteiger partial charge in [0.25, 0.3) is 5.91 Å². The Morgan fingerprint density at radius 1 is 1.30 bits per heavy atom. The first kappa shape index (κ1) is 20.3. The Morgan fingerprint density at radius 2 is 2.10 bits per heavy atom. The normalized spacial score (nSPS) is 16.3. The van der Waals surface area contributed by atoms with E-state index in [1.807, 2.05) is 37.2 Å². The van der Waals surface area contributed by atoms with Crippen LogP contribution in [0.5, 0.6) is 5.75 Å². The summed E-state index contributed by atoms with van der Waals surface area (Å²) < 4.78 is 26.6. The molecular formula is C22H25FN4O3. The number of carbonyl (C=O) groups excluding carboxylic acids is 1. The van der Waals surface area contributed by atoms with E-state index in [2.05, 4.69) is 10.4 Å². The Hall–Kier alpha value is -2.97. The van der Waals surface area contributed by atoms with Crippen molar-refractivity contribution in [1.82, 2.24) is 14.7 Å². The first-order valence-corrected chi connectivity index (χ1v) is 10.0. The standard InChI is InChI=1S/C22H25FN4O3/c1-26(2)12-14-30-18-6-3-5-17-20(18)21(24-22(28)19-7-4-13-29-19)25-27(17)16-10-8-15(23)9-11-16/h3,5-6,8-11,19H,4,7,12-14H2,1-2H3,(H,24,25,28). The van der Waals surface area contributed by atoms with Crippen LogP contribution in [0.3, 0.4) is 0 Å². The fourth-order valence-corrected chi connectivity index (χ4v) is 3.44. The van der Waals surface area contributed by atoms with Crippen molar-refractivity contribution in [2.75, 3.05) is 39.2 Å². The molecule has 1 saturated heterocycles. The molecule has 0 saturated carbocycles. The number of halogens is 1. The number of benzene rings is 2. The molecule has 4 rings (SSSR count). The summed E-state index contributed by atoms with van der Waals surface area (Å²) in [7, 11) is 3.95. The molecule has 1 amide bonds. The Bertz CT molecular complexity index is 1030. The zero-order chi connectivity index (χ0) is 21.1. The third-order valence-electron chi connectivity index (χ3n) is 5.00. The summed E-state index contributed by atoms with van der Waals surface area (Å²) in [6.07, 6.45) is 1.08. The number of nitrogens with one attached hydrogen (secondary N) is 1. The summed E-state index contributed by atoms with van der Waals surface area (Å²) in [6.45, 7) is 1.83. The van der Waals surface area contributed by atoms with Crippen LogP contribution >= 0.6 is 0 Å². The van der Waals surface area contributed by atoms with Gasteiger partial charge < -0.3 is 19.7 Å². The van der Waals surface area contributed by atoms with Crippen LogP contribution in [0.2, 0.25) is 0 Å². The van der Waals surface area contributed by atoms with Gasteiger partial charge in [0.1, 0.15) is 24.3 Å². The van der Waals surface area contributed by atoms with E-state index in [0.29, 0.717) is 42.3 Å². The molecule has 0 aliphatic carbocycles. The maximum atomic E-state index is 13.4. The molecule has 2 aromatic carbocycles. The largest absolute Gasteiger partial charge is 0.491 e. The number of anilines is 1. The molecule has 2 heterocycles. The molecule has 0 radical (unpaired) electrons. The Balaban J connectivity index is 1.74. The van der Waals surface area contributed by atoms with Crippen LogP contribution in [0.4, 0.5) is 10.2 Å². The van der Waals surface area contributed by atoms with Gasteiger partial charge in [-0.3, -0.25) is 4.79 Å². The van der Waals surface area contributed by atoms with Gasteiger partial charge in [0.2, 0.25) is 0 Å². The number of likely N-dealkylation sites (N-methyl/N-ethyl adjacent to an activating group) is 1. The maximum absolute atomic E-state index is 13.4. The van der Waals surface area contributed by atoms with Gasteiger partial charge in [-0.15, -0.1) is 5.10 Å². The molecule has 7 nitrogen and oxygen atoms in total. The second kappa shape index (κ2) is 8.81. The highest BCUT2D eigenvalue weighted by molar-refractivity contribution is 6.04. The minimum absolute atomic E-state index is 0.221. The van der Waals surface area contributed by atoms with Crippen LogP contribution in [-0.2, 0) is 9.53 Å². The van der Waals surface area contributed by atoms with Gasteiger partial charge in [-0.05, 0) is 63.3 Å². The summed E-state index contributed by atoms with van der Waals surface area (Å²) in [6, 6.07) is 11.7. The minimum atomic E-state index is -0.474. The number of amides is 1. The molecule has 1 fully saturated rings. The first-order chi connectivity index (χ1) is 14.5. The monoisotopic (exact) mass is 412 g/mol. The van der Waals surface area contributed by atoms with E-state index in [1.54, 1.807) is 16.8 Å². The number of fused-ring (bicyclic) bond motifs is 1. The van der Waals surface area contributed by atoms with E-state index in [0.717, 1.165) is 18.5 Å². The van der Waals surface area contributed by atoms with Gasteiger partial charge in [-0.25, -0.2) is 9.07 Å². The number of rotatable bonds is 7. The smallest absolute Gasteiger partial charge is 0.254 e. The van der Waals surface area contributed by atoms with E-state index in [9.17, 15) is 9.18 Å². The quantitative estimate of drug-likeness (QED) is 0.645. The molecule has 1 aliphatic rings. The number of aromatic nitrogens is 2. The van der Waals surface area contributed by atoms with E-state index in [-0.39, 0.29) is 11.7 Å². The van der Waals surface area contributed by atoms with Crippen LogP contribution in [0.15, 0.2) is 42.5 Å².